The highest BCUT2D eigenvalue weighted by Gasteiger charge is 2.24. The zero-order valence-electron chi connectivity index (χ0n) is 8.64. The van der Waals surface area contributed by atoms with Crippen molar-refractivity contribution in [3.8, 4) is 0 Å². The predicted molar refractivity (Wildman–Crippen MR) is 55.7 cm³/mol. The van der Waals surface area contributed by atoms with E-state index in [1.165, 1.54) is 0 Å². The van der Waals surface area contributed by atoms with Crippen LogP contribution in [0.4, 0.5) is 8.78 Å². The molecule has 1 rings (SSSR count). The fourth-order valence-corrected chi connectivity index (χ4v) is 2.42. The van der Waals surface area contributed by atoms with Gasteiger partial charge in [-0.2, -0.15) is 8.42 Å². The van der Waals surface area contributed by atoms with Crippen LogP contribution in [-0.2, 0) is 23.4 Å². The van der Waals surface area contributed by atoms with Crippen molar-refractivity contribution < 1.29 is 30.5 Å². The third-order valence-corrected chi connectivity index (χ3v) is 3.56. The van der Waals surface area contributed by atoms with Crippen molar-refractivity contribution in [3.05, 3.63) is 29.3 Å². The highest BCUT2D eigenvalue weighted by atomic mass is 32.2. The Balaban J connectivity index is 3.15. The van der Waals surface area contributed by atoms with Gasteiger partial charge in [-0.05, 0) is 19.1 Å². The maximum Gasteiger partial charge on any atom is 0.302 e. The molecule has 0 heterocycles. The summed E-state index contributed by atoms with van der Waals surface area (Å²) in [5.74, 6) is -2.00. The lowest BCUT2D eigenvalue weighted by molar-refractivity contribution is 0.139. The number of hydrogen-bond acceptors (Lipinski definition) is 5. The molecule has 0 aromatic heterocycles. The molecule has 0 aliphatic carbocycles. The molecule has 0 saturated heterocycles. The van der Waals surface area contributed by atoms with Crippen molar-refractivity contribution in [1.82, 2.24) is 0 Å². The van der Waals surface area contributed by atoms with E-state index >= 15 is 0 Å². The summed E-state index contributed by atoms with van der Waals surface area (Å²) in [4.78, 5) is -0.887. The minimum Gasteiger partial charge on any atom is -0.304 e. The molecule has 5 nitrogen and oxygen atoms in total. The zero-order chi connectivity index (χ0) is 13.1. The molecule has 1 unspecified atom stereocenters. The highest BCUT2D eigenvalue weighted by molar-refractivity contribution is 7.86. The van der Waals surface area contributed by atoms with Gasteiger partial charge in [0, 0.05) is 5.56 Å². The third-order valence-electron chi connectivity index (χ3n) is 1.88. The fourth-order valence-electron chi connectivity index (χ4n) is 1.12. The molecular weight excluding hydrogens is 277 g/mol. The van der Waals surface area contributed by atoms with E-state index in [-0.39, 0.29) is 5.56 Å². The molecule has 0 bridgehead atoms. The molecule has 0 amide bonds. The van der Waals surface area contributed by atoms with Crippen LogP contribution in [0, 0.1) is 18.6 Å². The molecule has 0 radical (unpaired) electrons. The van der Waals surface area contributed by atoms with Crippen LogP contribution in [0.2, 0.25) is 0 Å². The molecular formula is C8H9F2O5PS. The van der Waals surface area contributed by atoms with Crippen molar-refractivity contribution in [1.29, 1.82) is 0 Å². The minimum atomic E-state index is -4.48. The van der Waals surface area contributed by atoms with E-state index in [9.17, 15) is 21.8 Å². The van der Waals surface area contributed by atoms with Crippen LogP contribution in [0.1, 0.15) is 5.56 Å². The van der Waals surface area contributed by atoms with Gasteiger partial charge >= 0.3 is 10.1 Å². The monoisotopic (exact) mass is 286 g/mol. The molecule has 1 atom stereocenters. The van der Waals surface area contributed by atoms with E-state index in [0.717, 1.165) is 13.0 Å². The van der Waals surface area contributed by atoms with E-state index < -0.39 is 42.1 Å². The van der Waals surface area contributed by atoms with Crippen LogP contribution >= 0.6 is 8.69 Å². The van der Waals surface area contributed by atoms with Gasteiger partial charge in [-0.25, -0.2) is 13.0 Å². The first kappa shape index (κ1) is 14.2. The number of halogens is 2. The Hall–Kier alpha value is -0.820. The topological polar surface area (TPSA) is 69.7 Å². The Morgan fingerprint density at radius 2 is 1.88 bits per heavy atom. The van der Waals surface area contributed by atoms with Gasteiger partial charge in [0.2, 0.25) is 0 Å². The van der Waals surface area contributed by atoms with E-state index in [2.05, 4.69) is 8.71 Å². The largest absolute Gasteiger partial charge is 0.304 e. The van der Waals surface area contributed by atoms with Crippen molar-refractivity contribution in [3.63, 3.8) is 0 Å². The van der Waals surface area contributed by atoms with E-state index in [1.54, 1.807) is 0 Å². The SMILES string of the molecule is Cc1c(F)ccc(F)c1S(=O)(=O)OCO[PH2]=O. The lowest BCUT2D eigenvalue weighted by atomic mass is 10.2. The van der Waals surface area contributed by atoms with E-state index in [4.69, 9.17) is 0 Å². The Morgan fingerprint density at radius 1 is 1.29 bits per heavy atom. The zero-order valence-corrected chi connectivity index (χ0v) is 10.6. The highest BCUT2D eigenvalue weighted by Crippen LogP contribution is 2.23. The lowest BCUT2D eigenvalue weighted by Gasteiger charge is -2.08. The molecule has 0 saturated carbocycles. The molecule has 1 aromatic rings. The van der Waals surface area contributed by atoms with Crippen LogP contribution in [-0.4, -0.2) is 15.2 Å². The molecule has 0 aliphatic rings. The van der Waals surface area contributed by atoms with Crippen molar-refractivity contribution in [2.45, 2.75) is 11.8 Å². The molecule has 17 heavy (non-hydrogen) atoms. The van der Waals surface area contributed by atoms with Gasteiger partial charge in [0.05, 0.1) is 0 Å². The molecule has 0 N–H and O–H groups in total. The maximum absolute atomic E-state index is 13.3. The van der Waals surface area contributed by atoms with Gasteiger partial charge in [0.25, 0.3) is 0 Å². The summed E-state index contributed by atoms with van der Waals surface area (Å²) in [7, 11) is -6.12. The predicted octanol–water partition coefficient (Wildman–Crippen LogP) is 1.62. The first-order chi connectivity index (χ1) is 7.90. The maximum atomic E-state index is 13.3. The van der Waals surface area contributed by atoms with Crippen LogP contribution in [0.25, 0.3) is 0 Å². The van der Waals surface area contributed by atoms with Gasteiger partial charge in [-0.3, -0.25) is 4.57 Å². The molecule has 0 spiro atoms. The molecule has 0 fully saturated rings. The smallest absolute Gasteiger partial charge is 0.302 e. The number of benzene rings is 1. The fraction of sp³-hybridized carbons (Fsp3) is 0.250. The van der Waals surface area contributed by atoms with E-state index in [1.807, 2.05) is 0 Å². The first-order valence-electron chi connectivity index (χ1n) is 4.29. The van der Waals surface area contributed by atoms with E-state index in [0.29, 0.717) is 6.07 Å². The van der Waals surface area contributed by atoms with Crippen molar-refractivity contribution in [2.75, 3.05) is 6.79 Å². The van der Waals surface area contributed by atoms with Gasteiger partial charge in [0.15, 0.2) is 15.5 Å². The normalized spacial score (nSPS) is 12.4. The summed E-state index contributed by atoms with van der Waals surface area (Å²) in [6.45, 7) is 0.297. The first-order valence-corrected chi connectivity index (χ1v) is 6.64. The summed E-state index contributed by atoms with van der Waals surface area (Å²) < 4.78 is 67.9. The Bertz CT molecular complexity index is 531. The van der Waals surface area contributed by atoms with Gasteiger partial charge in [-0.1, -0.05) is 0 Å². The summed E-state index contributed by atoms with van der Waals surface area (Å²) in [5.41, 5.74) is -0.389. The quantitative estimate of drug-likeness (QED) is 0.356. The van der Waals surface area contributed by atoms with Crippen LogP contribution in [0.5, 0.6) is 0 Å². The van der Waals surface area contributed by atoms with Gasteiger partial charge in [-0.15, -0.1) is 0 Å². The lowest BCUT2D eigenvalue weighted by Crippen LogP contribution is -2.12. The van der Waals surface area contributed by atoms with Crippen molar-refractivity contribution >= 4 is 18.8 Å². The average molecular weight is 286 g/mol. The second-order valence-corrected chi connectivity index (χ2v) is 5.01. The summed E-state index contributed by atoms with van der Waals surface area (Å²) in [5, 5.41) is 0. The second kappa shape index (κ2) is 5.68. The molecule has 96 valence electrons. The van der Waals surface area contributed by atoms with Crippen LogP contribution in [0.3, 0.4) is 0 Å². The number of hydrogen-bond donors (Lipinski definition) is 0. The molecule has 9 heteroatoms. The number of rotatable bonds is 5. The molecule has 0 aliphatic heterocycles. The summed E-state index contributed by atoms with van der Waals surface area (Å²) in [6, 6.07) is 1.49. The van der Waals surface area contributed by atoms with Crippen LogP contribution < -0.4 is 0 Å². The Morgan fingerprint density at radius 3 is 2.47 bits per heavy atom. The summed E-state index contributed by atoms with van der Waals surface area (Å²) in [6.07, 6.45) is 0. The third kappa shape index (κ3) is 3.32. The Kier molecular flexibility index (Phi) is 4.76. The minimum absolute atomic E-state index is 0.389. The van der Waals surface area contributed by atoms with Gasteiger partial charge in [0.1, 0.15) is 16.5 Å². The van der Waals surface area contributed by atoms with Crippen molar-refractivity contribution in [2.24, 2.45) is 0 Å². The Labute approximate surface area is 97.8 Å². The summed E-state index contributed by atoms with van der Waals surface area (Å²) >= 11 is 0. The average Bonchev–Trinajstić information content (AvgIpc) is 2.24. The van der Waals surface area contributed by atoms with Gasteiger partial charge < -0.3 is 4.52 Å². The molecule has 1 aromatic carbocycles. The standard InChI is InChI=1S/C8H9F2O5PS/c1-5-6(9)2-3-7(10)8(5)17(12,13)15-4-14-16-11/h2-3H,4,16H2,1H3. The second-order valence-electron chi connectivity index (χ2n) is 2.94. The van der Waals surface area contributed by atoms with Crippen LogP contribution in [0.15, 0.2) is 17.0 Å².